The van der Waals surface area contributed by atoms with Crippen molar-refractivity contribution >= 4 is 17.8 Å². The van der Waals surface area contributed by atoms with Gasteiger partial charge in [-0.2, -0.15) is 0 Å². The lowest BCUT2D eigenvalue weighted by Crippen LogP contribution is -2.60. The molecule has 0 aromatic heterocycles. The zero-order valence-corrected chi connectivity index (χ0v) is 22.0. The van der Waals surface area contributed by atoms with Gasteiger partial charge in [0, 0.05) is 18.2 Å². The number of Topliss-reactive ketones (excluding diaryl/α,β-unsaturated/α-hetero) is 1. The first-order valence-corrected chi connectivity index (χ1v) is 12.8. The number of rotatable bonds is 8. The molecule has 10 heteroatoms. The fourth-order valence-electron chi connectivity index (χ4n) is 5.31. The number of carbonyl (C=O) groups excluding carboxylic acids is 2. The fraction of sp³-hybridized carbons (Fsp3) is 0.448. The molecule has 10 nitrogen and oxygen atoms in total. The Balaban J connectivity index is 1.50. The van der Waals surface area contributed by atoms with Crippen molar-refractivity contribution in [2.75, 3.05) is 13.2 Å². The summed E-state index contributed by atoms with van der Waals surface area (Å²) < 4.78 is 17.1. The van der Waals surface area contributed by atoms with Crippen LogP contribution in [0.15, 0.2) is 36.4 Å². The third-order valence-electron chi connectivity index (χ3n) is 7.41. The maximum absolute atomic E-state index is 13.1. The number of ether oxygens (including phenoxy) is 3. The van der Waals surface area contributed by atoms with Gasteiger partial charge in [0.2, 0.25) is 0 Å². The van der Waals surface area contributed by atoms with Gasteiger partial charge in [0.25, 0.3) is 0 Å². The highest BCUT2D eigenvalue weighted by atomic mass is 16.7. The molecule has 0 amide bonds. The molecule has 0 bridgehead atoms. The highest BCUT2D eigenvalue weighted by Crippen LogP contribution is 2.43. The largest absolute Gasteiger partial charge is 0.508 e. The molecule has 1 aliphatic carbocycles. The van der Waals surface area contributed by atoms with E-state index in [4.69, 9.17) is 14.2 Å². The molecule has 2 aromatic carbocycles. The lowest BCUT2D eigenvalue weighted by atomic mass is 9.92. The van der Waals surface area contributed by atoms with Crippen LogP contribution in [-0.4, -0.2) is 81.2 Å². The average Bonchev–Trinajstić information content (AvgIpc) is 3.14. The van der Waals surface area contributed by atoms with Crippen LogP contribution >= 0.6 is 0 Å². The van der Waals surface area contributed by atoms with E-state index in [0.717, 1.165) is 22.8 Å². The molecule has 0 spiro atoms. The summed E-state index contributed by atoms with van der Waals surface area (Å²) in [5.41, 5.74) is 4.31. The van der Waals surface area contributed by atoms with E-state index in [-0.39, 0.29) is 18.1 Å². The first kappa shape index (κ1) is 28.9. The minimum Gasteiger partial charge on any atom is -0.508 e. The molecule has 210 valence electrons. The van der Waals surface area contributed by atoms with Gasteiger partial charge in [-0.25, -0.2) is 4.79 Å². The van der Waals surface area contributed by atoms with Gasteiger partial charge in [-0.15, -0.1) is 0 Å². The van der Waals surface area contributed by atoms with Crippen LogP contribution < -0.4 is 0 Å². The van der Waals surface area contributed by atoms with Crippen LogP contribution in [0.4, 0.5) is 0 Å². The molecule has 0 unspecified atom stereocenters. The van der Waals surface area contributed by atoms with E-state index >= 15 is 0 Å². The van der Waals surface area contributed by atoms with Crippen LogP contribution in [0.25, 0.3) is 6.08 Å². The van der Waals surface area contributed by atoms with Crippen molar-refractivity contribution in [2.45, 2.75) is 64.0 Å². The first-order valence-electron chi connectivity index (χ1n) is 12.8. The topological polar surface area (TPSA) is 163 Å². The molecule has 39 heavy (non-hydrogen) atoms. The van der Waals surface area contributed by atoms with Gasteiger partial charge in [-0.3, -0.25) is 4.79 Å². The molecule has 0 radical (unpaired) electrons. The van der Waals surface area contributed by atoms with Crippen molar-refractivity contribution in [3.63, 3.8) is 0 Å². The van der Waals surface area contributed by atoms with Crippen molar-refractivity contribution in [1.82, 2.24) is 0 Å². The van der Waals surface area contributed by atoms with Crippen LogP contribution in [0.3, 0.4) is 0 Å². The Labute approximate surface area is 226 Å². The summed E-state index contributed by atoms with van der Waals surface area (Å²) >= 11 is 0. The molecule has 1 saturated heterocycles. The number of phenols is 1. The lowest BCUT2D eigenvalue weighted by Gasteiger charge is -2.42. The van der Waals surface area contributed by atoms with E-state index in [2.05, 4.69) is 0 Å². The molecule has 5 N–H and O–H groups in total. The average molecular weight is 543 g/mol. The van der Waals surface area contributed by atoms with Gasteiger partial charge in [0.05, 0.1) is 18.6 Å². The van der Waals surface area contributed by atoms with Crippen molar-refractivity contribution < 1.29 is 49.3 Å². The van der Waals surface area contributed by atoms with Gasteiger partial charge in [-0.1, -0.05) is 25.1 Å². The predicted molar refractivity (Wildman–Crippen MR) is 139 cm³/mol. The minimum atomic E-state index is -1.64. The molecule has 2 aliphatic rings. The Kier molecular flexibility index (Phi) is 8.85. The minimum absolute atomic E-state index is 0.0506. The van der Waals surface area contributed by atoms with Crippen molar-refractivity contribution in [2.24, 2.45) is 5.92 Å². The van der Waals surface area contributed by atoms with Crippen LogP contribution in [0, 0.1) is 19.8 Å². The van der Waals surface area contributed by atoms with E-state index in [1.807, 2.05) is 19.9 Å². The smallest absolute Gasteiger partial charge is 0.331 e. The van der Waals surface area contributed by atoms with Gasteiger partial charge >= 0.3 is 5.97 Å². The lowest BCUT2D eigenvalue weighted by molar-refractivity contribution is -0.315. The van der Waals surface area contributed by atoms with Crippen LogP contribution in [0.1, 0.15) is 51.2 Å². The molecule has 4 rings (SSSR count). The standard InChI is InChI=1S/C29H34O10/c1-14-12-20-23(15(2)19(14)10-11-30)24(34)16(3)27(20)39-29-26(36)25(35)28(21(13-31)37-29)38-22(33)9-6-17-4-7-18(32)8-5-17/h4-9,12,16,21,25-32,35-36H,10-11,13H2,1-3H3/t16-,21-,25-,26-,27+,28-,29+/m1/s1. The number of phenolic OH excluding ortho intramolecular Hbond substituents is 1. The summed E-state index contributed by atoms with van der Waals surface area (Å²) in [4.78, 5) is 25.6. The number of ketones is 1. The Morgan fingerprint density at radius 1 is 1.10 bits per heavy atom. The number of hydrogen-bond acceptors (Lipinski definition) is 10. The number of aliphatic hydroxyl groups is 4. The third kappa shape index (κ3) is 5.76. The molecule has 1 fully saturated rings. The summed E-state index contributed by atoms with van der Waals surface area (Å²) in [7, 11) is 0. The SMILES string of the molecule is Cc1cc2c(c(C)c1CCO)C(=O)[C@@H](C)[C@@H]2O[C@@H]1O[C@H](CO)[C@@H](OC(=O)C=Cc2ccc(O)cc2)[C@H](O)[C@H]1O. The zero-order chi connectivity index (χ0) is 28.4. The fourth-order valence-corrected chi connectivity index (χ4v) is 5.31. The Hall–Kier alpha value is -3.12. The summed E-state index contributed by atoms with van der Waals surface area (Å²) in [6.07, 6.45) is -5.11. The molecule has 7 atom stereocenters. The molecule has 0 saturated carbocycles. The zero-order valence-electron chi connectivity index (χ0n) is 22.0. The highest BCUT2D eigenvalue weighted by molar-refractivity contribution is 6.04. The Morgan fingerprint density at radius 2 is 1.79 bits per heavy atom. The van der Waals surface area contributed by atoms with E-state index in [1.165, 1.54) is 18.2 Å². The highest BCUT2D eigenvalue weighted by Gasteiger charge is 2.49. The van der Waals surface area contributed by atoms with E-state index < -0.39 is 55.3 Å². The number of benzene rings is 2. The van der Waals surface area contributed by atoms with Gasteiger partial charge in [0.1, 0.15) is 24.1 Å². The predicted octanol–water partition coefficient (Wildman–Crippen LogP) is 1.50. The monoisotopic (exact) mass is 542 g/mol. The number of aromatic hydroxyl groups is 1. The number of aryl methyl sites for hydroxylation is 1. The number of esters is 1. The number of fused-ring (bicyclic) bond motifs is 1. The quantitative estimate of drug-likeness (QED) is 0.244. The van der Waals surface area contributed by atoms with Gasteiger partial charge in [-0.05, 0) is 66.3 Å². The molecular weight excluding hydrogens is 508 g/mol. The second kappa shape index (κ2) is 12.0. The Morgan fingerprint density at radius 3 is 2.44 bits per heavy atom. The van der Waals surface area contributed by atoms with Crippen molar-refractivity contribution in [3.8, 4) is 5.75 Å². The van der Waals surface area contributed by atoms with Gasteiger partial charge < -0.3 is 39.7 Å². The summed E-state index contributed by atoms with van der Waals surface area (Å²) in [5.74, 6) is -1.51. The summed E-state index contributed by atoms with van der Waals surface area (Å²) in [6, 6.07) is 7.91. The number of aliphatic hydroxyl groups excluding tert-OH is 4. The summed E-state index contributed by atoms with van der Waals surface area (Å²) in [5, 5.41) is 50.3. The summed E-state index contributed by atoms with van der Waals surface area (Å²) in [6.45, 7) is 4.73. The van der Waals surface area contributed by atoms with Crippen LogP contribution in [0.5, 0.6) is 5.75 Å². The molecule has 1 aliphatic heterocycles. The number of hydrogen-bond donors (Lipinski definition) is 5. The van der Waals surface area contributed by atoms with Crippen molar-refractivity contribution in [1.29, 1.82) is 0 Å². The number of carbonyl (C=O) groups is 2. The van der Waals surface area contributed by atoms with Crippen LogP contribution in [-0.2, 0) is 25.4 Å². The van der Waals surface area contributed by atoms with Gasteiger partial charge in [0.15, 0.2) is 18.2 Å². The van der Waals surface area contributed by atoms with E-state index in [1.54, 1.807) is 19.1 Å². The molecule has 1 heterocycles. The van der Waals surface area contributed by atoms with Crippen LogP contribution in [0.2, 0.25) is 0 Å². The normalized spacial score (nSPS) is 28.6. The maximum Gasteiger partial charge on any atom is 0.331 e. The van der Waals surface area contributed by atoms with Crippen molar-refractivity contribution in [3.05, 3.63) is 69.8 Å². The molecule has 2 aromatic rings. The molecular formula is C29H34O10. The second-order valence-corrected chi connectivity index (χ2v) is 9.98. The maximum atomic E-state index is 13.1. The second-order valence-electron chi connectivity index (χ2n) is 9.98. The third-order valence-corrected chi connectivity index (χ3v) is 7.41. The van der Waals surface area contributed by atoms with E-state index in [0.29, 0.717) is 23.1 Å². The first-order chi connectivity index (χ1) is 18.6. The van der Waals surface area contributed by atoms with E-state index in [9.17, 15) is 35.1 Å². The Bertz CT molecular complexity index is 1240.